The molecule has 2 atom stereocenters. The maximum absolute atomic E-state index is 5.19. The number of likely N-dealkylation sites (N-methyl/N-ethyl adjacent to an activating group) is 1. The molecular formula is C14H22N2O. The summed E-state index contributed by atoms with van der Waals surface area (Å²) >= 11 is 0. The number of methoxy groups -OCH3 is 1. The number of hydrogen-bond donors (Lipinski definition) is 1. The van der Waals surface area contributed by atoms with E-state index in [0.29, 0.717) is 6.04 Å². The average molecular weight is 234 g/mol. The summed E-state index contributed by atoms with van der Waals surface area (Å²) in [7, 11) is 3.88. The lowest BCUT2D eigenvalue weighted by Crippen LogP contribution is -2.37. The lowest BCUT2D eigenvalue weighted by molar-refractivity contribution is 0.414. The van der Waals surface area contributed by atoms with Gasteiger partial charge in [0, 0.05) is 31.9 Å². The predicted octanol–water partition coefficient (Wildman–Crippen LogP) is 2.13. The minimum atomic E-state index is 0.605. The van der Waals surface area contributed by atoms with Crippen LogP contribution in [0.1, 0.15) is 13.3 Å². The van der Waals surface area contributed by atoms with Gasteiger partial charge in [-0.1, -0.05) is 13.3 Å². The molecule has 1 aliphatic heterocycles. The van der Waals surface area contributed by atoms with E-state index in [1.165, 1.54) is 12.1 Å². The lowest BCUT2D eigenvalue weighted by atomic mass is 9.99. The zero-order valence-corrected chi connectivity index (χ0v) is 10.9. The SMILES string of the molecule is CCC1CNCC1N(C)c1ccc(OC)cc1. The van der Waals surface area contributed by atoms with E-state index in [0.717, 1.165) is 24.8 Å². The van der Waals surface area contributed by atoms with Crippen LogP contribution in [0.4, 0.5) is 5.69 Å². The fourth-order valence-electron chi connectivity index (χ4n) is 2.60. The number of anilines is 1. The molecule has 1 saturated heterocycles. The van der Waals surface area contributed by atoms with Gasteiger partial charge >= 0.3 is 0 Å². The minimum absolute atomic E-state index is 0.605. The van der Waals surface area contributed by atoms with Crippen molar-refractivity contribution in [3.8, 4) is 5.75 Å². The second-order valence-corrected chi connectivity index (χ2v) is 4.70. The molecule has 94 valence electrons. The van der Waals surface area contributed by atoms with Crippen LogP contribution in [0.3, 0.4) is 0 Å². The van der Waals surface area contributed by atoms with E-state index in [9.17, 15) is 0 Å². The van der Waals surface area contributed by atoms with Crippen LogP contribution in [0.15, 0.2) is 24.3 Å². The Balaban J connectivity index is 2.10. The summed E-state index contributed by atoms with van der Waals surface area (Å²) in [6.07, 6.45) is 1.23. The van der Waals surface area contributed by atoms with Crippen LogP contribution in [-0.4, -0.2) is 33.3 Å². The zero-order chi connectivity index (χ0) is 12.3. The van der Waals surface area contributed by atoms with E-state index in [1.807, 2.05) is 12.1 Å². The maximum Gasteiger partial charge on any atom is 0.119 e. The van der Waals surface area contributed by atoms with Crippen molar-refractivity contribution in [2.75, 3.05) is 32.1 Å². The van der Waals surface area contributed by atoms with Gasteiger partial charge in [-0.2, -0.15) is 0 Å². The van der Waals surface area contributed by atoms with Crippen molar-refractivity contribution in [3.63, 3.8) is 0 Å². The van der Waals surface area contributed by atoms with Gasteiger partial charge in [-0.25, -0.2) is 0 Å². The lowest BCUT2D eigenvalue weighted by Gasteiger charge is -2.30. The molecule has 1 N–H and O–H groups in total. The summed E-state index contributed by atoms with van der Waals surface area (Å²) in [5.41, 5.74) is 1.26. The summed E-state index contributed by atoms with van der Waals surface area (Å²) in [6, 6.07) is 8.91. The largest absolute Gasteiger partial charge is 0.497 e. The molecule has 2 unspecified atom stereocenters. The molecule has 0 spiro atoms. The van der Waals surface area contributed by atoms with Crippen LogP contribution >= 0.6 is 0 Å². The third-order valence-corrected chi connectivity index (χ3v) is 3.81. The number of benzene rings is 1. The van der Waals surface area contributed by atoms with E-state index >= 15 is 0 Å². The van der Waals surface area contributed by atoms with Crippen LogP contribution in [-0.2, 0) is 0 Å². The summed E-state index contributed by atoms with van der Waals surface area (Å²) in [6.45, 7) is 4.50. The van der Waals surface area contributed by atoms with Crippen LogP contribution in [0.25, 0.3) is 0 Å². The summed E-state index contributed by atoms with van der Waals surface area (Å²) < 4.78 is 5.19. The normalized spacial score (nSPS) is 23.7. The summed E-state index contributed by atoms with van der Waals surface area (Å²) in [4.78, 5) is 2.38. The average Bonchev–Trinajstić information content (AvgIpc) is 2.86. The van der Waals surface area contributed by atoms with Gasteiger partial charge in [0.05, 0.1) is 7.11 Å². The molecule has 3 heteroatoms. The first kappa shape index (κ1) is 12.2. The van der Waals surface area contributed by atoms with Crippen molar-refractivity contribution in [1.82, 2.24) is 5.32 Å². The van der Waals surface area contributed by atoms with Crippen molar-refractivity contribution in [3.05, 3.63) is 24.3 Å². The van der Waals surface area contributed by atoms with Crippen LogP contribution in [0.2, 0.25) is 0 Å². The third kappa shape index (κ3) is 2.55. The van der Waals surface area contributed by atoms with Crippen LogP contribution in [0.5, 0.6) is 5.75 Å². The highest BCUT2D eigenvalue weighted by atomic mass is 16.5. The van der Waals surface area contributed by atoms with Crippen molar-refractivity contribution in [1.29, 1.82) is 0 Å². The summed E-state index contributed by atoms with van der Waals surface area (Å²) in [5.74, 6) is 1.67. The molecule has 0 aromatic heterocycles. The minimum Gasteiger partial charge on any atom is -0.497 e. The Labute approximate surface area is 104 Å². The Morgan fingerprint density at radius 2 is 2.00 bits per heavy atom. The number of nitrogens with zero attached hydrogens (tertiary/aromatic N) is 1. The number of nitrogens with one attached hydrogen (secondary N) is 1. The van der Waals surface area contributed by atoms with Crippen molar-refractivity contribution in [2.24, 2.45) is 5.92 Å². The highest BCUT2D eigenvalue weighted by molar-refractivity contribution is 5.49. The number of rotatable bonds is 4. The molecule has 1 heterocycles. The van der Waals surface area contributed by atoms with E-state index in [-0.39, 0.29) is 0 Å². The van der Waals surface area contributed by atoms with E-state index in [1.54, 1.807) is 7.11 Å². The molecule has 2 rings (SSSR count). The molecule has 1 fully saturated rings. The standard InChI is InChI=1S/C14H22N2O/c1-4-11-9-15-10-14(11)16(2)12-5-7-13(17-3)8-6-12/h5-8,11,14-15H,4,9-10H2,1-3H3. The Morgan fingerprint density at radius 3 is 2.59 bits per heavy atom. The molecule has 1 aliphatic rings. The molecule has 1 aromatic carbocycles. The van der Waals surface area contributed by atoms with Gasteiger partial charge in [-0.15, -0.1) is 0 Å². The van der Waals surface area contributed by atoms with E-state index in [2.05, 4.69) is 36.3 Å². The van der Waals surface area contributed by atoms with Crippen molar-refractivity contribution < 1.29 is 4.74 Å². The molecule has 3 nitrogen and oxygen atoms in total. The smallest absolute Gasteiger partial charge is 0.119 e. The monoisotopic (exact) mass is 234 g/mol. The van der Waals surface area contributed by atoms with Gasteiger partial charge in [-0.3, -0.25) is 0 Å². The highest BCUT2D eigenvalue weighted by Crippen LogP contribution is 2.25. The second kappa shape index (κ2) is 5.41. The van der Waals surface area contributed by atoms with Gasteiger partial charge in [0.1, 0.15) is 5.75 Å². The Bertz CT molecular complexity index is 350. The van der Waals surface area contributed by atoms with Crippen molar-refractivity contribution >= 4 is 5.69 Å². The fraction of sp³-hybridized carbons (Fsp3) is 0.571. The molecule has 0 radical (unpaired) electrons. The fourth-order valence-corrected chi connectivity index (χ4v) is 2.60. The molecule has 0 amide bonds. The maximum atomic E-state index is 5.19. The molecule has 17 heavy (non-hydrogen) atoms. The van der Waals surface area contributed by atoms with Gasteiger partial charge < -0.3 is 15.0 Å². The van der Waals surface area contributed by atoms with E-state index < -0.39 is 0 Å². The molecular weight excluding hydrogens is 212 g/mol. The zero-order valence-electron chi connectivity index (χ0n) is 10.9. The number of hydrogen-bond acceptors (Lipinski definition) is 3. The van der Waals surface area contributed by atoms with Gasteiger partial charge in [0.25, 0.3) is 0 Å². The predicted molar refractivity (Wildman–Crippen MR) is 71.8 cm³/mol. The Hall–Kier alpha value is -1.22. The topological polar surface area (TPSA) is 24.5 Å². The molecule has 1 aromatic rings. The molecule has 0 saturated carbocycles. The van der Waals surface area contributed by atoms with Gasteiger partial charge in [-0.05, 0) is 30.2 Å². The first-order valence-corrected chi connectivity index (χ1v) is 6.34. The Morgan fingerprint density at radius 1 is 1.29 bits per heavy atom. The van der Waals surface area contributed by atoms with Gasteiger partial charge in [0.2, 0.25) is 0 Å². The first-order chi connectivity index (χ1) is 8.26. The highest BCUT2D eigenvalue weighted by Gasteiger charge is 2.28. The third-order valence-electron chi connectivity index (χ3n) is 3.81. The number of ether oxygens (including phenoxy) is 1. The van der Waals surface area contributed by atoms with E-state index in [4.69, 9.17) is 4.74 Å². The van der Waals surface area contributed by atoms with Gasteiger partial charge in [0.15, 0.2) is 0 Å². The van der Waals surface area contributed by atoms with Crippen molar-refractivity contribution in [2.45, 2.75) is 19.4 Å². The molecule has 0 bridgehead atoms. The second-order valence-electron chi connectivity index (χ2n) is 4.70. The Kier molecular flexibility index (Phi) is 3.89. The quantitative estimate of drug-likeness (QED) is 0.863. The van der Waals surface area contributed by atoms with Crippen LogP contribution < -0.4 is 15.0 Å². The molecule has 0 aliphatic carbocycles. The van der Waals surface area contributed by atoms with Crippen LogP contribution in [0, 0.1) is 5.92 Å². The summed E-state index contributed by atoms with van der Waals surface area (Å²) in [5, 5.41) is 3.48. The first-order valence-electron chi connectivity index (χ1n) is 6.34.